The second kappa shape index (κ2) is 10.3. The van der Waals surface area contributed by atoms with Gasteiger partial charge in [0, 0.05) is 37.1 Å². The van der Waals surface area contributed by atoms with Crippen LogP contribution in [-0.2, 0) is 10.0 Å². The molecule has 8 nitrogen and oxygen atoms in total. The molecule has 1 fully saturated rings. The predicted molar refractivity (Wildman–Crippen MR) is 124 cm³/mol. The van der Waals surface area contributed by atoms with Gasteiger partial charge in [-0.3, -0.25) is 0 Å². The zero-order valence-corrected chi connectivity index (χ0v) is 21.3. The zero-order valence-electron chi connectivity index (χ0n) is 19.6. The molecule has 15 heteroatoms. The number of aromatic nitrogens is 1. The highest BCUT2D eigenvalue weighted by Gasteiger charge is 2.38. The number of benzene rings is 2. The fraction of sp³-hybridized carbons (Fsp3) is 0.318. The number of ether oxygens (including phenoxy) is 3. The third-order valence-corrected chi connectivity index (χ3v) is 8.55. The summed E-state index contributed by atoms with van der Waals surface area (Å²) in [6, 6.07) is 3.43. The SMILES string of the molecule is COc1cc(-c2csc(N3CCN(S(=O)(=O)c4c(F)c(F)c(F)c(F)c4F)CC3)n2)cc(OC)c1OC. The molecule has 0 spiro atoms. The molecule has 0 bridgehead atoms. The molecule has 4 rings (SSSR count). The molecule has 1 aliphatic rings. The number of hydrogen-bond acceptors (Lipinski definition) is 8. The van der Waals surface area contributed by atoms with Gasteiger partial charge in [0.15, 0.2) is 44.8 Å². The molecule has 1 aromatic heterocycles. The van der Waals surface area contributed by atoms with Crippen molar-refractivity contribution >= 4 is 26.5 Å². The average molecular weight is 566 g/mol. The molecule has 200 valence electrons. The number of hydrogen-bond donors (Lipinski definition) is 0. The van der Waals surface area contributed by atoms with Crippen LogP contribution in [0.2, 0.25) is 0 Å². The van der Waals surface area contributed by atoms with Crippen molar-refractivity contribution in [3.05, 3.63) is 46.6 Å². The van der Waals surface area contributed by atoms with Gasteiger partial charge >= 0.3 is 0 Å². The lowest BCUT2D eigenvalue weighted by Crippen LogP contribution is -2.49. The van der Waals surface area contributed by atoms with E-state index in [-0.39, 0.29) is 26.2 Å². The largest absolute Gasteiger partial charge is 0.493 e. The molecule has 0 aliphatic carbocycles. The van der Waals surface area contributed by atoms with Crippen LogP contribution in [0.5, 0.6) is 17.2 Å². The van der Waals surface area contributed by atoms with Crippen molar-refractivity contribution in [2.45, 2.75) is 4.90 Å². The Balaban J connectivity index is 1.55. The van der Waals surface area contributed by atoms with E-state index in [9.17, 15) is 30.4 Å². The first-order chi connectivity index (χ1) is 17.5. The highest BCUT2D eigenvalue weighted by atomic mass is 32.2. The molecule has 3 aromatic rings. The Kier molecular flexibility index (Phi) is 7.48. The van der Waals surface area contributed by atoms with Gasteiger partial charge in [-0.2, -0.15) is 4.31 Å². The molecule has 0 unspecified atom stereocenters. The molecule has 1 aliphatic heterocycles. The van der Waals surface area contributed by atoms with Gasteiger partial charge in [-0.1, -0.05) is 0 Å². The van der Waals surface area contributed by atoms with Crippen LogP contribution in [0.15, 0.2) is 22.4 Å². The van der Waals surface area contributed by atoms with E-state index in [4.69, 9.17) is 14.2 Å². The number of piperazine rings is 1. The number of sulfonamides is 1. The van der Waals surface area contributed by atoms with Crippen LogP contribution in [0.25, 0.3) is 11.3 Å². The number of methoxy groups -OCH3 is 3. The Morgan fingerprint density at radius 2 is 1.32 bits per heavy atom. The summed E-state index contributed by atoms with van der Waals surface area (Å²) < 4.78 is 111. The van der Waals surface area contributed by atoms with E-state index >= 15 is 0 Å². The molecular weight excluding hydrogens is 545 g/mol. The summed E-state index contributed by atoms with van der Waals surface area (Å²) in [5.74, 6) is -10.6. The smallest absolute Gasteiger partial charge is 0.249 e. The fourth-order valence-corrected chi connectivity index (χ4v) is 6.25. The van der Waals surface area contributed by atoms with Gasteiger partial charge in [-0.25, -0.2) is 35.4 Å². The second-order valence-corrected chi connectivity index (χ2v) is 10.4. The Morgan fingerprint density at radius 3 is 1.81 bits per heavy atom. The van der Waals surface area contributed by atoms with Crippen molar-refractivity contribution in [2.75, 3.05) is 52.4 Å². The van der Waals surface area contributed by atoms with Crippen molar-refractivity contribution in [3.8, 4) is 28.5 Å². The quantitative estimate of drug-likeness (QED) is 0.243. The average Bonchev–Trinajstić information content (AvgIpc) is 3.40. The third kappa shape index (κ3) is 4.66. The van der Waals surface area contributed by atoms with Crippen molar-refractivity contribution in [3.63, 3.8) is 0 Å². The maximum absolute atomic E-state index is 14.1. The molecule has 0 N–H and O–H groups in total. The Hall–Kier alpha value is -3.17. The minimum absolute atomic E-state index is 0.0663. The number of halogens is 5. The molecule has 0 atom stereocenters. The summed E-state index contributed by atoms with van der Waals surface area (Å²) in [7, 11) is -0.559. The minimum atomic E-state index is -5.00. The maximum atomic E-state index is 14.1. The number of anilines is 1. The molecule has 0 saturated carbocycles. The maximum Gasteiger partial charge on any atom is 0.249 e. The summed E-state index contributed by atoms with van der Waals surface area (Å²) in [6.45, 7) is -0.393. The standard InChI is InChI=1S/C22H20F5N3O5S2/c1-33-13-8-11(9-14(34-2)20(13)35-3)12-10-36-22(28-12)29-4-6-30(7-5-29)37(31,32)21-18(26)16(24)15(23)17(25)19(21)27/h8-10H,4-7H2,1-3H3. The lowest BCUT2D eigenvalue weighted by atomic mass is 10.1. The monoisotopic (exact) mass is 565 g/mol. The zero-order chi connectivity index (χ0) is 27.1. The topological polar surface area (TPSA) is 81.2 Å². The Morgan fingerprint density at radius 1 is 0.811 bits per heavy atom. The lowest BCUT2D eigenvalue weighted by molar-refractivity contribution is 0.324. The van der Waals surface area contributed by atoms with Crippen molar-refractivity contribution < 1.29 is 44.6 Å². The van der Waals surface area contributed by atoms with Crippen LogP contribution in [0.4, 0.5) is 27.1 Å². The van der Waals surface area contributed by atoms with Crippen molar-refractivity contribution in [1.82, 2.24) is 9.29 Å². The molecule has 1 saturated heterocycles. The summed E-state index contributed by atoms with van der Waals surface area (Å²) in [4.78, 5) is 4.46. The number of thiazole rings is 1. The van der Waals surface area contributed by atoms with E-state index < -0.39 is 44.0 Å². The summed E-state index contributed by atoms with van der Waals surface area (Å²) in [6.07, 6.45) is 0. The molecule has 0 amide bonds. The number of rotatable bonds is 7. The first-order valence-electron chi connectivity index (χ1n) is 10.6. The van der Waals surface area contributed by atoms with Gasteiger partial charge in [-0.05, 0) is 12.1 Å². The molecule has 2 heterocycles. The highest BCUT2D eigenvalue weighted by Crippen LogP contribution is 2.42. The van der Waals surface area contributed by atoms with Crippen molar-refractivity contribution in [1.29, 1.82) is 0 Å². The predicted octanol–water partition coefficient (Wildman–Crippen LogP) is 4.04. The van der Waals surface area contributed by atoms with E-state index in [1.807, 2.05) is 0 Å². The molecular formula is C22H20F5N3O5S2. The molecule has 37 heavy (non-hydrogen) atoms. The van der Waals surface area contributed by atoms with E-state index in [1.165, 1.54) is 32.7 Å². The highest BCUT2D eigenvalue weighted by molar-refractivity contribution is 7.89. The Bertz CT molecular complexity index is 1390. The lowest BCUT2D eigenvalue weighted by Gasteiger charge is -2.33. The van der Waals surface area contributed by atoms with E-state index in [1.54, 1.807) is 22.4 Å². The van der Waals surface area contributed by atoms with Crippen LogP contribution in [0.1, 0.15) is 0 Å². The second-order valence-electron chi connectivity index (χ2n) is 7.72. The van der Waals surface area contributed by atoms with Crippen LogP contribution in [0.3, 0.4) is 0 Å². The van der Waals surface area contributed by atoms with Gasteiger partial charge in [0.05, 0.1) is 27.0 Å². The molecule has 2 aromatic carbocycles. The van der Waals surface area contributed by atoms with Crippen molar-refractivity contribution in [2.24, 2.45) is 0 Å². The van der Waals surface area contributed by atoms with Crippen LogP contribution < -0.4 is 19.1 Å². The van der Waals surface area contributed by atoms with E-state index in [0.717, 1.165) is 0 Å². The van der Waals surface area contributed by atoms with E-state index in [0.29, 0.717) is 37.9 Å². The summed E-state index contributed by atoms with van der Waals surface area (Å²) in [5.41, 5.74) is 1.25. The summed E-state index contributed by atoms with van der Waals surface area (Å²) >= 11 is 1.28. The van der Waals surface area contributed by atoms with Gasteiger partial charge in [0.1, 0.15) is 0 Å². The van der Waals surface area contributed by atoms with Gasteiger partial charge in [0.25, 0.3) is 0 Å². The van der Waals surface area contributed by atoms with Gasteiger partial charge in [0.2, 0.25) is 21.6 Å². The van der Waals surface area contributed by atoms with Crippen LogP contribution in [-0.4, -0.2) is 65.2 Å². The van der Waals surface area contributed by atoms with Crippen LogP contribution >= 0.6 is 11.3 Å². The fourth-order valence-electron chi connectivity index (χ4n) is 3.83. The van der Waals surface area contributed by atoms with Gasteiger partial charge < -0.3 is 19.1 Å². The minimum Gasteiger partial charge on any atom is -0.493 e. The normalized spacial score (nSPS) is 14.6. The summed E-state index contributed by atoms with van der Waals surface area (Å²) in [5, 5.41) is 2.31. The Labute approximate surface area is 212 Å². The first-order valence-corrected chi connectivity index (χ1v) is 12.9. The van der Waals surface area contributed by atoms with Gasteiger partial charge in [-0.15, -0.1) is 11.3 Å². The third-order valence-electron chi connectivity index (χ3n) is 5.73. The molecule has 0 radical (unpaired) electrons. The van der Waals surface area contributed by atoms with E-state index in [2.05, 4.69) is 4.98 Å². The van der Waals surface area contributed by atoms with Crippen LogP contribution in [0, 0.1) is 29.1 Å². The number of nitrogens with zero attached hydrogens (tertiary/aromatic N) is 3. The first kappa shape index (κ1) is 26.9.